The van der Waals surface area contributed by atoms with E-state index in [0.29, 0.717) is 5.89 Å². The number of aryl methyl sites for hydroxylation is 2. The van der Waals surface area contributed by atoms with E-state index in [2.05, 4.69) is 17.1 Å². The highest BCUT2D eigenvalue weighted by molar-refractivity contribution is 5.76. The molecule has 0 fully saturated rings. The van der Waals surface area contributed by atoms with Crippen LogP contribution >= 0.6 is 0 Å². The van der Waals surface area contributed by atoms with Crippen LogP contribution in [0, 0.1) is 6.92 Å². The van der Waals surface area contributed by atoms with E-state index in [1.165, 1.54) is 5.56 Å². The van der Waals surface area contributed by atoms with Crippen molar-refractivity contribution in [1.29, 1.82) is 0 Å². The van der Waals surface area contributed by atoms with Crippen molar-refractivity contribution in [3.63, 3.8) is 0 Å². The number of rotatable bonds is 4. The maximum absolute atomic E-state index is 6.20. The Hall–Kier alpha value is -2.13. The number of nitrogens with two attached hydrogens (primary N) is 1. The molecule has 3 aromatic rings. The molecule has 0 spiro atoms. The summed E-state index contributed by atoms with van der Waals surface area (Å²) in [7, 11) is 0. The van der Waals surface area contributed by atoms with E-state index in [1.54, 1.807) is 0 Å². The van der Waals surface area contributed by atoms with Gasteiger partial charge in [0.15, 0.2) is 5.58 Å². The molecule has 1 unspecified atom stereocenters. The van der Waals surface area contributed by atoms with Gasteiger partial charge < -0.3 is 10.2 Å². The summed E-state index contributed by atoms with van der Waals surface area (Å²) in [5.74, 6) is 0.630. The van der Waals surface area contributed by atoms with Gasteiger partial charge in [0.2, 0.25) is 5.89 Å². The summed E-state index contributed by atoms with van der Waals surface area (Å²) < 4.78 is 5.81. The largest absolute Gasteiger partial charge is 0.439 e. The molecule has 1 aromatic heterocycles. The Labute approximate surface area is 118 Å². The Bertz CT molecular complexity index is 703. The lowest BCUT2D eigenvalue weighted by atomic mass is 10.1. The second-order valence-electron chi connectivity index (χ2n) is 5.11. The van der Waals surface area contributed by atoms with Crippen LogP contribution in [0.1, 0.15) is 29.5 Å². The topological polar surface area (TPSA) is 52.0 Å². The number of para-hydroxylation sites is 1. The van der Waals surface area contributed by atoms with Gasteiger partial charge in [-0.1, -0.05) is 42.5 Å². The minimum atomic E-state index is -0.165. The molecular weight excluding hydrogens is 248 g/mol. The van der Waals surface area contributed by atoms with Gasteiger partial charge in [0.1, 0.15) is 5.52 Å². The van der Waals surface area contributed by atoms with Crippen LogP contribution < -0.4 is 5.73 Å². The summed E-state index contributed by atoms with van der Waals surface area (Å²) in [4.78, 5) is 4.49. The van der Waals surface area contributed by atoms with Crippen molar-refractivity contribution in [1.82, 2.24) is 4.98 Å². The van der Waals surface area contributed by atoms with Gasteiger partial charge in [0.25, 0.3) is 0 Å². The molecule has 0 aliphatic carbocycles. The predicted molar refractivity (Wildman–Crippen MR) is 80.4 cm³/mol. The monoisotopic (exact) mass is 266 g/mol. The minimum absolute atomic E-state index is 0.165. The normalized spacial score (nSPS) is 12.7. The molecule has 0 bridgehead atoms. The van der Waals surface area contributed by atoms with E-state index in [1.807, 2.05) is 43.3 Å². The Kier molecular flexibility index (Phi) is 3.52. The first-order valence-electron chi connectivity index (χ1n) is 6.89. The maximum Gasteiger partial charge on any atom is 0.212 e. The summed E-state index contributed by atoms with van der Waals surface area (Å²) in [6, 6.07) is 16.1. The van der Waals surface area contributed by atoms with Gasteiger partial charge in [-0.25, -0.2) is 4.98 Å². The molecule has 0 aliphatic rings. The van der Waals surface area contributed by atoms with E-state index in [0.717, 1.165) is 29.5 Å². The average molecular weight is 266 g/mol. The molecular formula is C17H18N2O. The highest BCUT2D eigenvalue weighted by Crippen LogP contribution is 2.24. The van der Waals surface area contributed by atoms with Crippen molar-refractivity contribution in [2.24, 2.45) is 5.73 Å². The lowest BCUT2D eigenvalue weighted by Gasteiger charge is -2.07. The van der Waals surface area contributed by atoms with E-state index in [4.69, 9.17) is 10.2 Å². The van der Waals surface area contributed by atoms with Gasteiger partial charge in [-0.05, 0) is 37.0 Å². The summed E-state index contributed by atoms with van der Waals surface area (Å²) in [6.07, 6.45) is 1.76. The third-order valence-corrected chi connectivity index (χ3v) is 3.53. The molecule has 0 saturated heterocycles. The smallest absolute Gasteiger partial charge is 0.212 e. The first-order chi connectivity index (χ1) is 9.74. The third kappa shape index (κ3) is 2.58. The van der Waals surface area contributed by atoms with Crippen LogP contribution in [0.5, 0.6) is 0 Å². The Morgan fingerprint density at radius 1 is 1.10 bits per heavy atom. The Morgan fingerprint density at radius 3 is 2.65 bits per heavy atom. The van der Waals surface area contributed by atoms with E-state index < -0.39 is 0 Å². The highest BCUT2D eigenvalue weighted by Gasteiger charge is 2.14. The van der Waals surface area contributed by atoms with Crippen molar-refractivity contribution in [2.75, 3.05) is 0 Å². The van der Waals surface area contributed by atoms with E-state index >= 15 is 0 Å². The first kappa shape index (κ1) is 12.9. The van der Waals surface area contributed by atoms with Crippen LogP contribution in [0.3, 0.4) is 0 Å². The van der Waals surface area contributed by atoms with Gasteiger partial charge in [0, 0.05) is 0 Å². The van der Waals surface area contributed by atoms with Gasteiger partial charge in [-0.2, -0.15) is 0 Å². The number of fused-ring (bicyclic) bond motifs is 1. The number of oxazole rings is 1. The number of hydrogen-bond acceptors (Lipinski definition) is 3. The maximum atomic E-state index is 6.20. The summed E-state index contributed by atoms with van der Waals surface area (Å²) in [6.45, 7) is 2.02. The fourth-order valence-corrected chi connectivity index (χ4v) is 2.35. The molecule has 3 heteroatoms. The van der Waals surface area contributed by atoms with Crippen molar-refractivity contribution in [2.45, 2.75) is 25.8 Å². The van der Waals surface area contributed by atoms with E-state index in [-0.39, 0.29) is 6.04 Å². The van der Waals surface area contributed by atoms with Gasteiger partial charge in [-0.15, -0.1) is 0 Å². The molecule has 1 atom stereocenters. The summed E-state index contributed by atoms with van der Waals surface area (Å²) in [5.41, 5.74) is 10.3. The fraction of sp³-hybridized carbons (Fsp3) is 0.235. The van der Waals surface area contributed by atoms with Crippen LogP contribution in [-0.2, 0) is 6.42 Å². The van der Waals surface area contributed by atoms with Gasteiger partial charge in [-0.3, -0.25) is 0 Å². The Balaban J connectivity index is 1.75. The van der Waals surface area contributed by atoms with Crippen molar-refractivity contribution in [3.05, 3.63) is 65.5 Å². The SMILES string of the molecule is Cc1cccc2nc(C(N)CCc3ccccc3)oc12. The summed E-state index contributed by atoms with van der Waals surface area (Å²) >= 11 is 0. The highest BCUT2D eigenvalue weighted by atomic mass is 16.3. The van der Waals surface area contributed by atoms with Crippen LogP contribution in [0.4, 0.5) is 0 Å². The molecule has 2 aromatic carbocycles. The van der Waals surface area contributed by atoms with Crippen LogP contribution in [0.15, 0.2) is 52.9 Å². The molecule has 2 N–H and O–H groups in total. The molecule has 0 aliphatic heterocycles. The van der Waals surface area contributed by atoms with Crippen LogP contribution in [0.25, 0.3) is 11.1 Å². The molecule has 20 heavy (non-hydrogen) atoms. The predicted octanol–water partition coefficient (Wildman–Crippen LogP) is 3.77. The zero-order chi connectivity index (χ0) is 13.9. The van der Waals surface area contributed by atoms with Crippen molar-refractivity contribution >= 4 is 11.1 Å². The molecule has 0 amide bonds. The first-order valence-corrected chi connectivity index (χ1v) is 6.89. The summed E-state index contributed by atoms with van der Waals surface area (Å²) in [5, 5.41) is 0. The molecule has 102 valence electrons. The van der Waals surface area contributed by atoms with E-state index in [9.17, 15) is 0 Å². The van der Waals surface area contributed by atoms with Crippen LogP contribution in [0.2, 0.25) is 0 Å². The van der Waals surface area contributed by atoms with Gasteiger partial charge >= 0.3 is 0 Å². The van der Waals surface area contributed by atoms with Gasteiger partial charge in [0.05, 0.1) is 6.04 Å². The second kappa shape index (κ2) is 5.47. The Morgan fingerprint density at radius 2 is 1.90 bits per heavy atom. The molecule has 3 rings (SSSR count). The molecule has 0 saturated carbocycles. The molecule has 3 nitrogen and oxygen atoms in total. The fourth-order valence-electron chi connectivity index (χ4n) is 2.35. The standard InChI is InChI=1S/C17H18N2O/c1-12-6-5-9-15-16(12)20-17(19-15)14(18)11-10-13-7-3-2-4-8-13/h2-9,14H,10-11,18H2,1H3. The van der Waals surface area contributed by atoms with Crippen molar-refractivity contribution in [3.8, 4) is 0 Å². The molecule has 1 heterocycles. The zero-order valence-corrected chi connectivity index (χ0v) is 11.5. The lowest BCUT2D eigenvalue weighted by molar-refractivity contribution is 0.458. The van der Waals surface area contributed by atoms with Crippen LogP contribution in [-0.4, -0.2) is 4.98 Å². The number of benzene rings is 2. The minimum Gasteiger partial charge on any atom is -0.439 e. The lowest BCUT2D eigenvalue weighted by Crippen LogP contribution is -2.11. The molecule has 0 radical (unpaired) electrons. The average Bonchev–Trinajstić information content (AvgIpc) is 2.91. The zero-order valence-electron chi connectivity index (χ0n) is 11.5. The third-order valence-electron chi connectivity index (χ3n) is 3.53. The second-order valence-corrected chi connectivity index (χ2v) is 5.11. The quantitative estimate of drug-likeness (QED) is 0.782. The van der Waals surface area contributed by atoms with Crippen molar-refractivity contribution < 1.29 is 4.42 Å². The number of nitrogens with zero attached hydrogens (tertiary/aromatic N) is 1. The number of aromatic nitrogens is 1. The number of hydrogen-bond donors (Lipinski definition) is 1.